The first kappa shape index (κ1) is 14.8. The second kappa shape index (κ2) is 5.93. The standard InChI is InChI=1S/C17H20N2O3/c1-11-15(16(18-22-11)13-6-4-3-5-7-13)17(21)19(2)10-14(20)12-8-9-12/h3-7,12,14,20H,8-10H2,1-2H3. The number of nitrogens with zero attached hydrogens (tertiary/aromatic N) is 2. The van der Waals surface area contributed by atoms with Gasteiger partial charge in [0, 0.05) is 19.2 Å². The van der Waals surface area contributed by atoms with Gasteiger partial charge in [0.25, 0.3) is 5.91 Å². The number of carbonyl (C=O) groups excluding carboxylic acids is 1. The highest BCUT2D eigenvalue weighted by molar-refractivity contribution is 6.00. The summed E-state index contributed by atoms with van der Waals surface area (Å²) < 4.78 is 5.23. The summed E-state index contributed by atoms with van der Waals surface area (Å²) >= 11 is 0. The number of hydrogen-bond acceptors (Lipinski definition) is 4. The lowest BCUT2D eigenvalue weighted by Crippen LogP contribution is -2.35. The zero-order valence-corrected chi connectivity index (χ0v) is 12.8. The Labute approximate surface area is 129 Å². The van der Waals surface area contributed by atoms with Crippen molar-refractivity contribution in [3.63, 3.8) is 0 Å². The molecule has 22 heavy (non-hydrogen) atoms. The van der Waals surface area contributed by atoms with Crippen molar-refractivity contribution in [3.8, 4) is 11.3 Å². The van der Waals surface area contributed by atoms with E-state index in [1.54, 1.807) is 18.9 Å². The molecule has 1 aliphatic rings. The molecule has 1 aromatic heterocycles. The van der Waals surface area contributed by atoms with E-state index in [4.69, 9.17) is 4.52 Å². The quantitative estimate of drug-likeness (QED) is 0.921. The molecule has 1 fully saturated rings. The Hall–Kier alpha value is -2.14. The van der Waals surface area contributed by atoms with Gasteiger partial charge in [0.1, 0.15) is 17.0 Å². The molecule has 0 saturated heterocycles. The molecule has 116 valence electrons. The lowest BCUT2D eigenvalue weighted by molar-refractivity contribution is 0.0644. The molecule has 1 N–H and O–H groups in total. The van der Waals surface area contributed by atoms with Gasteiger partial charge >= 0.3 is 0 Å². The van der Waals surface area contributed by atoms with E-state index in [0.717, 1.165) is 18.4 Å². The molecule has 0 radical (unpaired) electrons. The monoisotopic (exact) mass is 300 g/mol. The first-order chi connectivity index (χ1) is 10.6. The van der Waals surface area contributed by atoms with E-state index in [0.29, 0.717) is 29.5 Å². The van der Waals surface area contributed by atoms with Crippen molar-refractivity contribution in [3.05, 3.63) is 41.7 Å². The summed E-state index contributed by atoms with van der Waals surface area (Å²) in [6.45, 7) is 2.07. The average molecular weight is 300 g/mol. The number of amides is 1. The number of rotatable bonds is 5. The highest BCUT2D eigenvalue weighted by Gasteiger charge is 2.32. The highest BCUT2D eigenvalue weighted by Crippen LogP contribution is 2.33. The van der Waals surface area contributed by atoms with Crippen molar-refractivity contribution in [1.29, 1.82) is 0 Å². The largest absolute Gasteiger partial charge is 0.391 e. The van der Waals surface area contributed by atoms with Crippen LogP contribution in [0.4, 0.5) is 0 Å². The fourth-order valence-corrected chi connectivity index (χ4v) is 2.60. The lowest BCUT2D eigenvalue weighted by Gasteiger charge is -2.20. The summed E-state index contributed by atoms with van der Waals surface area (Å²) in [5, 5.41) is 14.1. The number of likely N-dealkylation sites (N-methyl/N-ethyl adjacent to an activating group) is 1. The van der Waals surface area contributed by atoms with E-state index >= 15 is 0 Å². The normalized spacial score (nSPS) is 15.6. The minimum Gasteiger partial charge on any atom is -0.391 e. The molecule has 0 bridgehead atoms. The third kappa shape index (κ3) is 2.90. The maximum absolute atomic E-state index is 12.7. The Balaban J connectivity index is 1.84. The zero-order valence-electron chi connectivity index (χ0n) is 12.8. The molecule has 1 saturated carbocycles. The topological polar surface area (TPSA) is 66.6 Å². The smallest absolute Gasteiger partial charge is 0.259 e. The molecular weight excluding hydrogens is 280 g/mol. The third-order valence-corrected chi connectivity index (χ3v) is 4.10. The van der Waals surface area contributed by atoms with Crippen LogP contribution in [0.15, 0.2) is 34.9 Å². The van der Waals surface area contributed by atoms with Gasteiger partial charge in [0.2, 0.25) is 0 Å². The Morgan fingerprint density at radius 3 is 2.73 bits per heavy atom. The van der Waals surface area contributed by atoms with E-state index in [1.165, 1.54) is 0 Å². The van der Waals surface area contributed by atoms with Gasteiger partial charge in [-0.05, 0) is 25.7 Å². The summed E-state index contributed by atoms with van der Waals surface area (Å²) in [7, 11) is 1.70. The van der Waals surface area contributed by atoms with Crippen LogP contribution in [-0.2, 0) is 0 Å². The van der Waals surface area contributed by atoms with Crippen molar-refractivity contribution in [2.45, 2.75) is 25.9 Å². The number of aryl methyl sites for hydroxylation is 1. The maximum atomic E-state index is 12.7. The molecule has 1 unspecified atom stereocenters. The minimum atomic E-state index is -0.450. The molecular formula is C17H20N2O3. The molecule has 5 nitrogen and oxygen atoms in total. The van der Waals surface area contributed by atoms with E-state index in [1.807, 2.05) is 30.3 Å². The summed E-state index contributed by atoms with van der Waals surface area (Å²) in [5.41, 5.74) is 1.87. The van der Waals surface area contributed by atoms with E-state index < -0.39 is 6.10 Å². The van der Waals surface area contributed by atoms with Crippen molar-refractivity contribution >= 4 is 5.91 Å². The number of benzene rings is 1. The first-order valence-electron chi connectivity index (χ1n) is 7.53. The van der Waals surface area contributed by atoms with Crippen LogP contribution in [0.25, 0.3) is 11.3 Å². The minimum absolute atomic E-state index is 0.169. The van der Waals surface area contributed by atoms with Crippen LogP contribution in [0.2, 0.25) is 0 Å². The highest BCUT2D eigenvalue weighted by atomic mass is 16.5. The van der Waals surface area contributed by atoms with Gasteiger partial charge in [-0.3, -0.25) is 4.79 Å². The Bertz CT molecular complexity index is 662. The van der Waals surface area contributed by atoms with Crippen LogP contribution in [-0.4, -0.2) is 40.8 Å². The Morgan fingerprint density at radius 1 is 1.41 bits per heavy atom. The molecule has 5 heteroatoms. The van der Waals surface area contributed by atoms with Gasteiger partial charge in [-0.15, -0.1) is 0 Å². The number of carbonyl (C=O) groups is 1. The molecule has 0 spiro atoms. The SMILES string of the molecule is Cc1onc(-c2ccccc2)c1C(=O)N(C)CC(O)C1CC1. The molecule has 2 aromatic rings. The molecule has 3 rings (SSSR count). The maximum Gasteiger partial charge on any atom is 0.259 e. The molecule has 1 aliphatic carbocycles. The van der Waals surface area contributed by atoms with Crippen LogP contribution in [0.3, 0.4) is 0 Å². The van der Waals surface area contributed by atoms with Gasteiger partial charge < -0.3 is 14.5 Å². The second-order valence-electron chi connectivity index (χ2n) is 5.92. The van der Waals surface area contributed by atoms with Crippen LogP contribution < -0.4 is 0 Å². The summed E-state index contributed by atoms with van der Waals surface area (Å²) in [6, 6.07) is 9.50. The number of aromatic nitrogens is 1. The molecule has 1 atom stereocenters. The third-order valence-electron chi connectivity index (χ3n) is 4.10. The molecule has 1 heterocycles. The predicted octanol–water partition coefficient (Wildman–Crippen LogP) is 2.49. The fourth-order valence-electron chi connectivity index (χ4n) is 2.60. The van der Waals surface area contributed by atoms with Gasteiger partial charge in [-0.25, -0.2) is 0 Å². The van der Waals surface area contributed by atoms with Crippen LogP contribution in [0, 0.1) is 12.8 Å². The van der Waals surface area contributed by atoms with Crippen molar-refractivity contribution in [2.24, 2.45) is 5.92 Å². The number of aliphatic hydroxyl groups is 1. The first-order valence-corrected chi connectivity index (χ1v) is 7.53. The Kier molecular flexibility index (Phi) is 3.98. The molecule has 1 aromatic carbocycles. The fraction of sp³-hybridized carbons (Fsp3) is 0.412. The lowest BCUT2D eigenvalue weighted by atomic mass is 10.1. The van der Waals surface area contributed by atoms with Crippen molar-refractivity contribution in [2.75, 3.05) is 13.6 Å². The molecule has 1 amide bonds. The van der Waals surface area contributed by atoms with Crippen molar-refractivity contribution in [1.82, 2.24) is 10.1 Å². The van der Waals surface area contributed by atoms with E-state index in [9.17, 15) is 9.90 Å². The van der Waals surface area contributed by atoms with Gasteiger partial charge in [0.05, 0.1) is 6.10 Å². The van der Waals surface area contributed by atoms with Crippen LogP contribution in [0.5, 0.6) is 0 Å². The predicted molar refractivity (Wildman–Crippen MR) is 82.4 cm³/mol. The Morgan fingerprint density at radius 2 is 2.09 bits per heavy atom. The van der Waals surface area contributed by atoms with E-state index in [2.05, 4.69) is 5.16 Å². The van der Waals surface area contributed by atoms with Gasteiger partial charge in [-0.1, -0.05) is 35.5 Å². The number of aliphatic hydroxyl groups excluding tert-OH is 1. The summed E-state index contributed by atoms with van der Waals surface area (Å²) in [6.07, 6.45) is 1.64. The number of hydrogen-bond donors (Lipinski definition) is 1. The summed E-state index contributed by atoms with van der Waals surface area (Å²) in [4.78, 5) is 14.3. The van der Waals surface area contributed by atoms with Crippen LogP contribution in [0.1, 0.15) is 29.0 Å². The van der Waals surface area contributed by atoms with Crippen LogP contribution >= 0.6 is 0 Å². The van der Waals surface area contributed by atoms with E-state index in [-0.39, 0.29) is 5.91 Å². The van der Waals surface area contributed by atoms with Gasteiger partial charge in [0.15, 0.2) is 0 Å². The zero-order chi connectivity index (χ0) is 15.7. The summed E-state index contributed by atoms with van der Waals surface area (Å²) in [5.74, 6) is 0.668. The average Bonchev–Trinajstić information content (AvgIpc) is 3.30. The molecule has 0 aliphatic heterocycles. The second-order valence-corrected chi connectivity index (χ2v) is 5.92. The van der Waals surface area contributed by atoms with Gasteiger partial charge in [-0.2, -0.15) is 0 Å². The van der Waals surface area contributed by atoms with Crippen molar-refractivity contribution < 1.29 is 14.4 Å².